The minimum Gasteiger partial charge on any atom is -0.387 e. The fourth-order valence-electron chi connectivity index (χ4n) is 1.47. The molecule has 2 aromatic rings. The van der Waals surface area contributed by atoms with Crippen molar-refractivity contribution in [2.24, 2.45) is 7.05 Å². The Hall–Kier alpha value is -2.37. The summed E-state index contributed by atoms with van der Waals surface area (Å²) in [7, 11) is 3.52. The molecule has 0 saturated heterocycles. The summed E-state index contributed by atoms with van der Waals surface area (Å²) in [5, 5.41) is 9.69. The van der Waals surface area contributed by atoms with Gasteiger partial charge in [-0.3, -0.25) is 14.5 Å². The molecule has 0 spiro atoms. The van der Waals surface area contributed by atoms with Crippen LogP contribution in [0.4, 0.5) is 11.5 Å². The Morgan fingerprint density at radius 2 is 2.18 bits per heavy atom. The number of rotatable bonds is 3. The van der Waals surface area contributed by atoms with Crippen LogP contribution in [0.5, 0.6) is 0 Å². The standard InChI is InChI=1S/C11H13N5O/c1-12-9-3-5-13-7-8(9)11(17)15-10-4-6-14-16(10)2/h3-7H,1-2H3,(H,12,13)(H,15,17). The van der Waals surface area contributed by atoms with Gasteiger partial charge in [-0.2, -0.15) is 5.10 Å². The number of nitrogens with zero attached hydrogens (tertiary/aromatic N) is 3. The van der Waals surface area contributed by atoms with E-state index < -0.39 is 0 Å². The Morgan fingerprint density at radius 1 is 1.35 bits per heavy atom. The first-order valence-corrected chi connectivity index (χ1v) is 5.13. The van der Waals surface area contributed by atoms with Gasteiger partial charge in [0.15, 0.2) is 0 Å². The lowest BCUT2D eigenvalue weighted by atomic mass is 10.2. The molecular weight excluding hydrogens is 218 g/mol. The summed E-state index contributed by atoms with van der Waals surface area (Å²) in [5.74, 6) is 0.423. The summed E-state index contributed by atoms with van der Waals surface area (Å²) in [6, 6.07) is 3.48. The van der Waals surface area contributed by atoms with Crippen molar-refractivity contribution in [2.45, 2.75) is 0 Å². The minimum absolute atomic E-state index is 0.217. The molecule has 6 nitrogen and oxygen atoms in total. The molecule has 0 bridgehead atoms. The first kappa shape index (κ1) is 11.1. The molecule has 0 aliphatic rings. The molecule has 0 aliphatic carbocycles. The molecule has 88 valence electrons. The maximum atomic E-state index is 12.0. The van der Waals surface area contributed by atoms with Crippen LogP contribution in [-0.2, 0) is 7.05 Å². The zero-order chi connectivity index (χ0) is 12.3. The van der Waals surface area contributed by atoms with Crippen molar-refractivity contribution in [3.05, 3.63) is 36.3 Å². The highest BCUT2D eigenvalue weighted by Gasteiger charge is 2.12. The average Bonchev–Trinajstić information content (AvgIpc) is 2.75. The molecule has 17 heavy (non-hydrogen) atoms. The van der Waals surface area contributed by atoms with Gasteiger partial charge in [0.1, 0.15) is 5.82 Å². The van der Waals surface area contributed by atoms with Crippen LogP contribution in [0, 0.1) is 0 Å². The summed E-state index contributed by atoms with van der Waals surface area (Å²) in [5.41, 5.74) is 1.23. The summed E-state index contributed by atoms with van der Waals surface area (Å²) in [4.78, 5) is 16.0. The zero-order valence-corrected chi connectivity index (χ0v) is 9.64. The molecule has 2 aromatic heterocycles. The van der Waals surface area contributed by atoms with E-state index in [0.717, 1.165) is 5.69 Å². The van der Waals surface area contributed by atoms with Gasteiger partial charge in [-0.15, -0.1) is 0 Å². The van der Waals surface area contributed by atoms with Gasteiger partial charge < -0.3 is 10.6 Å². The normalized spacial score (nSPS) is 10.0. The second kappa shape index (κ2) is 4.65. The molecule has 0 saturated carbocycles. The van der Waals surface area contributed by atoms with Crippen molar-refractivity contribution in [2.75, 3.05) is 17.7 Å². The molecule has 2 rings (SSSR count). The van der Waals surface area contributed by atoms with E-state index in [-0.39, 0.29) is 5.91 Å². The van der Waals surface area contributed by atoms with Crippen LogP contribution in [0.15, 0.2) is 30.7 Å². The Kier molecular flexibility index (Phi) is 3.04. The van der Waals surface area contributed by atoms with Crippen molar-refractivity contribution < 1.29 is 4.79 Å². The minimum atomic E-state index is -0.217. The zero-order valence-electron chi connectivity index (χ0n) is 9.64. The Balaban J connectivity index is 2.23. The van der Waals surface area contributed by atoms with Crippen LogP contribution < -0.4 is 10.6 Å². The Labute approximate surface area is 98.7 Å². The molecule has 1 amide bonds. The number of hydrogen-bond acceptors (Lipinski definition) is 4. The van der Waals surface area contributed by atoms with Crippen molar-refractivity contribution >= 4 is 17.4 Å². The highest BCUT2D eigenvalue weighted by Crippen LogP contribution is 2.14. The third-order valence-electron chi connectivity index (χ3n) is 2.40. The number of pyridine rings is 1. The predicted octanol–water partition coefficient (Wildman–Crippen LogP) is 1.11. The maximum absolute atomic E-state index is 12.0. The number of aromatic nitrogens is 3. The maximum Gasteiger partial charge on any atom is 0.260 e. The van der Waals surface area contributed by atoms with Gasteiger partial charge in [0, 0.05) is 38.2 Å². The molecule has 0 radical (unpaired) electrons. The number of anilines is 2. The van der Waals surface area contributed by atoms with E-state index in [0.29, 0.717) is 11.4 Å². The number of carbonyl (C=O) groups excluding carboxylic acids is 1. The van der Waals surface area contributed by atoms with Gasteiger partial charge in [0.05, 0.1) is 11.8 Å². The second-order valence-electron chi connectivity index (χ2n) is 3.47. The van der Waals surface area contributed by atoms with Gasteiger partial charge >= 0.3 is 0 Å². The first-order valence-electron chi connectivity index (χ1n) is 5.13. The first-order chi connectivity index (χ1) is 8.22. The second-order valence-corrected chi connectivity index (χ2v) is 3.47. The third-order valence-corrected chi connectivity index (χ3v) is 2.40. The molecule has 0 unspecified atom stereocenters. The van der Waals surface area contributed by atoms with Crippen molar-refractivity contribution in [1.82, 2.24) is 14.8 Å². The van der Waals surface area contributed by atoms with E-state index in [2.05, 4.69) is 20.7 Å². The van der Waals surface area contributed by atoms with Crippen molar-refractivity contribution in [3.8, 4) is 0 Å². The summed E-state index contributed by atoms with van der Waals surface area (Å²) >= 11 is 0. The van der Waals surface area contributed by atoms with E-state index in [4.69, 9.17) is 0 Å². The van der Waals surface area contributed by atoms with E-state index in [9.17, 15) is 4.79 Å². The molecule has 0 aliphatic heterocycles. The van der Waals surface area contributed by atoms with E-state index in [1.54, 1.807) is 43.3 Å². The lowest BCUT2D eigenvalue weighted by Crippen LogP contribution is -2.16. The van der Waals surface area contributed by atoms with Crippen LogP contribution in [0.2, 0.25) is 0 Å². The largest absolute Gasteiger partial charge is 0.387 e. The molecule has 0 atom stereocenters. The fraction of sp³-hybridized carbons (Fsp3) is 0.182. The average molecular weight is 231 g/mol. The fourth-order valence-corrected chi connectivity index (χ4v) is 1.47. The summed E-state index contributed by atoms with van der Waals surface area (Å²) in [6.07, 6.45) is 4.78. The summed E-state index contributed by atoms with van der Waals surface area (Å²) < 4.78 is 1.59. The lowest BCUT2D eigenvalue weighted by molar-refractivity contribution is 0.102. The van der Waals surface area contributed by atoms with Crippen molar-refractivity contribution in [3.63, 3.8) is 0 Å². The number of aryl methyl sites for hydroxylation is 1. The smallest absolute Gasteiger partial charge is 0.260 e. The predicted molar refractivity (Wildman–Crippen MR) is 64.9 cm³/mol. The molecule has 2 N–H and O–H groups in total. The molecule has 0 fully saturated rings. The molecule has 2 heterocycles. The highest BCUT2D eigenvalue weighted by atomic mass is 16.1. The Morgan fingerprint density at radius 3 is 2.82 bits per heavy atom. The molecular formula is C11H13N5O. The summed E-state index contributed by atoms with van der Waals surface area (Å²) in [6.45, 7) is 0. The van der Waals surface area contributed by atoms with E-state index in [1.807, 2.05) is 0 Å². The van der Waals surface area contributed by atoms with Gasteiger partial charge in [-0.1, -0.05) is 0 Å². The third kappa shape index (κ3) is 2.25. The van der Waals surface area contributed by atoms with Gasteiger partial charge in [-0.05, 0) is 6.07 Å². The quantitative estimate of drug-likeness (QED) is 0.830. The number of hydrogen-bond donors (Lipinski definition) is 2. The SMILES string of the molecule is CNc1ccncc1C(=O)Nc1ccnn1C. The Bertz CT molecular complexity index is 534. The van der Waals surface area contributed by atoms with Crippen LogP contribution in [0.1, 0.15) is 10.4 Å². The van der Waals surface area contributed by atoms with Gasteiger partial charge in [0.2, 0.25) is 0 Å². The van der Waals surface area contributed by atoms with Gasteiger partial charge in [-0.25, -0.2) is 0 Å². The van der Waals surface area contributed by atoms with Crippen LogP contribution in [0.25, 0.3) is 0 Å². The van der Waals surface area contributed by atoms with E-state index in [1.165, 1.54) is 6.20 Å². The monoisotopic (exact) mass is 231 g/mol. The van der Waals surface area contributed by atoms with E-state index >= 15 is 0 Å². The van der Waals surface area contributed by atoms with Crippen LogP contribution in [0.3, 0.4) is 0 Å². The number of carbonyl (C=O) groups is 1. The van der Waals surface area contributed by atoms with Crippen LogP contribution in [-0.4, -0.2) is 27.7 Å². The number of nitrogens with one attached hydrogen (secondary N) is 2. The van der Waals surface area contributed by atoms with Gasteiger partial charge in [0.25, 0.3) is 5.91 Å². The molecule has 6 heteroatoms. The topological polar surface area (TPSA) is 71.8 Å². The van der Waals surface area contributed by atoms with Crippen LogP contribution >= 0.6 is 0 Å². The lowest BCUT2D eigenvalue weighted by Gasteiger charge is -2.08. The number of amides is 1. The highest BCUT2D eigenvalue weighted by molar-refractivity contribution is 6.07. The molecule has 0 aromatic carbocycles. The van der Waals surface area contributed by atoms with Crippen molar-refractivity contribution in [1.29, 1.82) is 0 Å².